The van der Waals surface area contributed by atoms with Crippen LogP contribution in [0.1, 0.15) is 62.0 Å². The highest BCUT2D eigenvalue weighted by Crippen LogP contribution is 2.20. The molecule has 1 heterocycles. The summed E-state index contributed by atoms with van der Waals surface area (Å²) in [6, 6.07) is 0.552. The molecule has 0 atom stereocenters. The van der Waals surface area contributed by atoms with E-state index in [1.165, 1.54) is 4.88 Å². The van der Waals surface area contributed by atoms with Gasteiger partial charge in [0.05, 0.1) is 10.7 Å². The normalized spacial score (nSPS) is 20.6. The van der Waals surface area contributed by atoms with E-state index in [1.54, 1.807) is 18.4 Å². The number of hydrogen-bond donors (Lipinski definition) is 3. The van der Waals surface area contributed by atoms with Gasteiger partial charge in [0, 0.05) is 37.0 Å². The Labute approximate surface area is 172 Å². The molecule has 1 aliphatic rings. The molecule has 1 saturated carbocycles. The molecule has 158 valence electrons. The van der Waals surface area contributed by atoms with Crippen LogP contribution in [0.5, 0.6) is 0 Å². The highest BCUT2D eigenvalue weighted by Gasteiger charge is 2.25. The molecule has 1 aliphatic carbocycles. The summed E-state index contributed by atoms with van der Waals surface area (Å²) < 4.78 is 5.34. The van der Waals surface area contributed by atoms with Crippen molar-refractivity contribution in [1.82, 2.24) is 20.9 Å². The lowest BCUT2D eigenvalue weighted by Crippen LogP contribution is -2.48. The maximum atomic E-state index is 11.9. The van der Waals surface area contributed by atoms with Gasteiger partial charge in [-0.25, -0.2) is 9.78 Å². The molecule has 0 aliphatic heterocycles. The Hall–Kier alpha value is -1.83. The molecule has 0 aromatic carbocycles. The number of hydrogen-bond acceptors (Lipinski definition) is 5. The maximum Gasteiger partial charge on any atom is 0.407 e. The lowest BCUT2D eigenvalue weighted by Gasteiger charge is -2.31. The van der Waals surface area contributed by atoms with E-state index in [4.69, 9.17) is 4.74 Å². The average Bonchev–Trinajstić information content (AvgIpc) is 2.91. The fraction of sp³-hybridized carbons (Fsp3) is 0.750. The zero-order valence-electron chi connectivity index (χ0n) is 18.0. The number of nitrogens with zero attached hydrogens (tertiary/aromatic N) is 2. The van der Waals surface area contributed by atoms with Crippen molar-refractivity contribution >= 4 is 23.4 Å². The number of carbonyl (C=O) groups excluding carboxylic acids is 1. The maximum absolute atomic E-state index is 11.9. The molecular formula is C20H35N5O2S. The predicted octanol–water partition coefficient (Wildman–Crippen LogP) is 3.30. The van der Waals surface area contributed by atoms with Gasteiger partial charge in [-0.3, -0.25) is 4.99 Å². The summed E-state index contributed by atoms with van der Waals surface area (Å²) in [6.45, 7) is 10.6. The molecule has 3 N–H and O–H groups in total. The van der Waals surface area contributed by atoms with Crippen LogP contribution < -0.4 is 16.0 Å². The minimum Gasteiger partial charge on any atom is -0.444 e. The Bertz CT molecular complexity index is 673. The van der Waals surface area contributed by atoms with Gasteiger partial charge in [-0.15, -0.1) is 11.3 Å². The Morgan fingerprint density at radius 1 is 1.18 bits per heavy atom. The molecule has 0 unspecified atom stereocenters. The fourth-order valence-electron chi connectivity index (χ4n) is 3.34. The number of guanidine groups is 1. The van der Waals surface area contributed by atoms with Gasteiger partial charge >= 0.3 is 6.09 Å². The van der Waals surface area contributed by atoms with Crippen molar-refractivity contribution in [3.63, 3.8) is 0 Å². The minimum atomic E-state index is -0.461. The Morgan fingerprint density at radius 2 is 1.79 bits per heavy atom. The predicted molar refractivity (Wildman–Crippen MR) is 115 cm³/mol. The van der Waals surface area contributed by atoms with Crippen molar-refractivity contribution in [3.05, 3.63) is 15.6 Å². The third-order valence-corrected chi connectivity index (χ3v) is 5.79. The SMILES string of the molecule is CN=C(NCCc1sc(C)nc1C)NC1CCC(NC(=O)OC(C)(C)C)CC1. The van der Waals surface area contributed by atoms with E-state index in [-0.39, 0.29) is 12.1 Å². The first-order chi connectivity index (χ1) is 13.2. The Kier molecular flexibility index (Phi) is 8.10. The first-order valence-electron chi connectivity index (χ1n) is 10.1. The molecular weight excluding hydrogens is 374 g/mol. The molecule has 0 saturated heterocycles. The lowest BCUT2D eigenvalue weighted by atomic mass is 9.91. The molecule has 0 radical (unpaired) electrons. The first-order valence-corrected chi connectivity index (χ1v) is 10.9. The third-order valence-electron chi connectivity index (χ3n) is 4.66. The topological polar surface area (TPSA) is 87.6 Å². The number of alkyl carbamates (subject to hydrolysis) is 1. The quantitative estimate of drug-likeness (QED) is 0.513. The number of aryl methyl sites for hydroxylation is 2. The first kappa shape index (κ1) is 22.5. The van der Waals surface area contributed by atoms with Gasteiger partial charge in [0.1, 0.15) is 5.60 Å². The van der Waals surface area contributed by atoms with Crippen molar-refractivity contribution in [2.45, 2.75) is 84.4 Å². The van der Waals surface area contributed by atoms with Crippen molar-refractivity contribution in [1.29, 1.82) is 0 Å². The van der Waals surface area contributed by atoms with E-state index < -0.39 is 5.60 Å². The van der Waals surface area contributed by atoms with Gasteiger partial charge < -0.3 is 20.7 Å². The van der Waals surface area contributed by atoms with Crippen LogP contribution in [0.15, 0.2) is 4.99 Å². The fourth-order valence-corrected chi connectivity index (χ4v) is 4.28. The monoisotopic (exact) mass is 409 g/mol. The Balaban J connectivity index is 1.69. The molecule has 0 bridgehead atoms. The van der Waals surface area contributed by atoms with Crippen LogP contribution in [0.4, 0.5) is 4.79 Å². The van der Waals surface area contributed by atoms with Crippen LogP contribution in [0, 0.1) is 13.8 Å². The number of aromatic nitrogens is 1. The van der Waals surface area contributed by atoms with Crippen LogP contribution in [0.2, 0.25) is 0 Å². The largest absolute Gasteiger partial charge is 0.444 e. The van der Waals surface area contributed by atoms with Crippen LogP contribution in [-0.4, -0.2) is 48.3 Å². The van der Waals surface area contributed by atoms with E-state index in [2.05, 4.69) is 32.9 Å². The highest BCUT2D eigenvalue weighted by molar-refractivity contribution is 7.11. The van der Waals surface area contributed by atoms with E-state index >= 15 is 0 Å². The summed E-state index contributed by atoms with van der Waals surface area (Å²) in [5.41, 5.74) is 0.667. The summed E-state index contributed by atoms with van der Waals surface area (Å²) in [5, 5.41) is 11.0. The standard InChI is InChI=1S/C20H35N5O2S/c1-13-17(28-14(2)23-13)11-12-22-18(21-6)24-15-7-9-16(10-8-15)25-19(26)27-20(3,4)5/h15-16H,7-12H2,1-6H3,(H,25,26)(H2,21,22,24). The van der Waals surface area contributed by atoms with Crippen LogP contribution >= 0.6 is 11.3 Å². The van der Waals surface area contributed by atoms with E-state index in [0.717, 1.165) is 55.3 Å². The van der Waals surface area contributed by atoms with Gasteiger partial charge in [-0.05, 0) is 60.3 Å². The molecule has 28 heavy (non-hydrogen) atoms. The van der Waals surface area contributed by atoms with E-state index in [1.807, 2.05) is 27.7 Å². The summed E-state index contributed by atoms with van der Waals surface area (Å²) >= 11 is 1.76. The number of amides is 1. The smallest absolute Gasteiger partial charge is 0.407 e. The minimum absolute atomic E-state index is 0.181. The summed E-state index contributed by atoms with van der Waals surface area (Å²) in [4.78, 5) is 22.1. The molecule has 1 amide bonds. The van der Waals surface area contributed by atoms with Crippen molar-refractivity contribution in [2.24, 2.45) is 4.99 Å². The number of rotatable bonds is 5. The molecule has 8 heteroatoms. The van der Waals surface area contributed by atoms with Gasteiger partial charge in [-0.2, -0.15) is 0 Å². The van der Waals surface area contributed by atoms with Crippen LogP contribution in [0.3, 0.4) is 0 Å². The number of nitrogens with one attached hydrogen (secondary N) is 3. The molecule has 2 rings (SSSR count). The summed E-state index contributed by atoms with van der Waals surface area (Å²) in [6.07, 6.45) is 4.49. The van der Waals surface area contributed by atoms with Crippen molar-refractivity contribution in [3.8, 4) is 0 Å². The lowest BCUT2D eigenvalue weighted by molar-refractivity contribution is 0.0490. The number of ether oxygens (including phenoxy) is 1. The van der Waals surface area contributed by atoms with Crippen LogP contribution in [0.25, 0.3) is 0 Å². The van der Waals surface area contributed by atoms with Gasteiger partial charge in [0.2, 0.25) is 0 Å². The summed E-state index contributed by atoms with van der Waals surface area (Å²) in [7, 11) is 1.80. The zero-order chi connectivity index (χ0) is 20.7. The van der Waals surface area contributed by atoms with E-state index in [9.17, 15) is 4.79 Å². The Morgan fingerprint density at radius 3 is 2.29 bits per heavy atom. The third kappa shape index (κ3) is 7.66. The van der Waals surface area contributed by atoms with Gasteiger partial charge in [0.25, 0.3) is 0 Å². The average molecular weight is 410 g/mol. The zero-order valence-corrected chi connectivity index (χ0v) is 18.8. The molecule has 1 aromatic heterocycles. The second-order valence-corrected chi connectivity index (χ2v) is 9.62. The molecule has 0 spiro atoms. The molecule has 7 nitrogen and oxygen atoms in total. The van der Waals surface area contributed by atoms with Crippen LogP contribution in [-0.2, 0) is 11.2 Å². The number of carbonyl (C=O) groups is 1. The summed E-state index contributed by atoms with van der Waals surface area (Å²) in [5.74, 6) is 0.836. The second kappa shape index (κ2) is 10.1. The van der Waals surface area contributed by atoms with E-state index in [0.29, 0.717) is 6.04 Å². The van der Waals surface area contributed by atoms with Crippen molar-refractivity contribution < 1.29 is 9.53 Å². The second-order valence-electron chi connectivity index (χ2n) is 8.33. The number of thiazole rings is 1. The number of aliphatic imine (C=N–C) groups is 1. The van der Waals surface area contributed by atoms with Crippen molar-refractivity contribution in [2.75, 3.05) is 13.6 Å². The highest BCUT2D eigenvalue weighted by atomic mass is 32.1. The molecule has 1 fully saturated rings. The van der Waals surface area contributed by atoms with Gasteiger partial charge in [0.15, 0.2) is 5.96 Å². The molecule has 1 aromatic rings. The van der Waals surface area contributed by atoms with Gasteiger partial charge in [-0.1, -0.05) is 0 Å².